The average Bonchev–Trinajstić information content (AvgIpc) is 2.60. The first-order valence-electron chi connectivity index (χ1n) is 8.19. The molecule has 2 aromatic carbocycles. The number of anilines is 2. The molecule has 152 valence electrons. The third-order valence-corrected chi connectivity index (χ3v) is 4.77. The summed E-state index contributed by atoms with van der Waals surface area (Å²) < 4.78 is 68.4. The lowest BCUT2D eigenvalue weighted by atomic mass is 10.2. The van der Waals surface area contributed by atoms with Crippen molar-refractivity contribution in [3.8, 4) is 5.75 Å². The normalized spacial score (nSPS) is 11.8. The van der Waals surface area contributed by atoms with Gasteiger partial charge < -0.3 is 10.1 Å². The van der Waals surface area contributed by atoms with Crippen molar-refractivity contribution in [2.45, 2.75) is 13.1 Å². The number of carbonyl (C=O) groups excluding carboxylic acids is 1. The molecule has 0 fully saturated rings. The molecule has 0 saturated heterocycles. The molecule has 0 spiro atoms. The quantitative estimate of drug-likeness (QED) is 0.750. The SMILES string of the molecule is CCOc1ccccc1NC(=O)CN(c1ccc(C(F)(F)F)cc1)S(C)(=O)=O. The van der Waals surface area contributed by atoms with Crippen LogP contribution in [0.4, 0.5) is 24.5 Å². The van der Waals surface area contributed by atoms with Crippen molar-refractivity contribution in [1.82, 2.24) is 0 Å². The van der Waals surface area contributed by atoms with Crippen LogP contribution in [0.5, 0.6) is 5.75 Å². The van der Waals surface area contributed by atoms with Gasteiger partial charge in [0.25, 0.3) is 0 Å². The molecular weight excluding hydrogens is 397 g/mol. The van der Waals surface area contributed by atoms with Crippen LogP contribution in [0.3, 0.4) is 0 Å². The first-order chi connectivity index (χ1) is 13.0. The fourth-order valence-electron chi connectivity index (χ4n) is 2.39. The summed E-state index contributed by atoms with van der Waals surface area (Å²) in [4.78, 5) is 12.4. The third kappa shape index (κ3) is 5.62. The van der Waals surface area contributed by atoms with Crippen molar-refractivity contribution in [3.63, 3.8) is 0 Å². The summed E-state index contributed by atoms with van der Waals surface area (Å²) in [7, 11) is -3.91. The molecule has 0 bridgehead atoms. The van der Waals surface area contributed by atoms with Gasteiger partial charge in [-0.1, -0.05) is 12.1 Å². The number of sulfonamides is 1. The highest BCUT2D eigenvalue weighted by Gasteiger charge is 2.31. The van der Waals surface area contributed by atoms with Crippen molar-refractivity contribution in [1.29, 1.82) is 0 Å². The number of para-hydroxylation sites is 2. The van der Waals surface area contributed by atoms with E-state index in [1.807, 2.05) is 0 Å². The van der Waals surface area contributed by atoms with E-state index in [1.165, 1.54) is 0 Å². The smallest absolute Gasteiger partial charge is 0.416 e. The molecule has 0 radical (unpaired) electrons. The Bertz CT molecular complexity index is 929. The van der Waals surface area contributed by atoms with Crippen molar-refractivity contribution in [2.24, 2.45) is 0 Å². The predicted octanol–water partition coefficient (Wildman–Crippen LogP) is 3.51. The van der Waals surface area contributed by atoms with Gasteiger partial charge >= 0.3 is 6.18 Å². The molecule has 0 unspecified atom stereocenters. The van der Waals surface area contributed by atoms with Crippen molar-refractivity contribution >= 4 is 27.3 Å². The first kappa shape index (κ1) is 21.5. The van der Waals surface area contributed by atoms with E-state index < -0.39 is 34.2 Å². The second-order valence-corrected chi connectivity index (χ2v) is 7.70. The Morgan fingerprint density at radius 2 is 1.71 bits per heavy atom. The number of halogens is 3. The van der Waals surface area contributed by atoms with Crippen LogP contribution >= 0.6 is 0 Å². The summed E-state index contributed by atoms with van der Waals surface area (Å²) in [5.74, 6) is -0.253. The van der Waals surface area contributed by atoms with E-state index in [1.54, 1.807) is 31.2 Å². The summed E-state index contributed by atoms with van der Waals surface area (Å²) in [6, 6.07) is 10.1. The van der Waals surface area contributed by atoms with Crippen molar-refractivity contribution < 1.29 is 31.1 Å². The minimum absolute atomic E-state index is 0.0521. The van der Waals surface area contributed by atoms with E-state index in [-0.39, 0.29) is 5.69 Å². The molecular formula is C18H19F3N2O4S. The summed E-state index contributed by atoms with van der Waals surface area (Å²) in [5.41, 5.74) is -0.612. The molecule has 0 aliphatic carbocycles. The van der Waals surface area contributed by atoms with Crippen LogP contribution in [-0.2, 0) is 21.0 Å². The minimum atomic E-state index is -4.55. The van der Waals surface area contributed by atoms with Gasteiger partial charge in [-0.2, -0.15) is 13.2 Å². The van der Waals surface area contributed by atoms with Crippen LogP contribution in [-0.4, -0.2) is 33.7 Å². The second kappa shape index (κ2) is 8.51. The molecule has 1 amide bonds. The van der Waals surface area contributed by atoms with Gasteiger partial charge in [-0.05, 0) is 43.3 Å². The van der Waals surface area contributed by atoms with E-state index in [0.717, 1.165) is 34.8 Å². The maximum Gasteiger partial charge on any atom is 0.416 e. The molecule has 0 saturated carbocycles. The fourth-order valence-corrected chi connectivity index (χ4v) is 3.24. The number of rotatable bonds is 7. The van der Waals surface area contributed by atoms with Gasteiger partial charge in [0.05, 0.1) is 29.8 Å². The molecule has 10 heteroatoms. The summed E-state index contributed by atoms with van der Waals surface area (Å²) in [6.07, 6.45) is -3.68. The zero-order valence-electron chi connectivity index (χ0n) is 15.2. The van der Waals surface area contributed by atoms with Gasteiger partial charge in [-0.25, -0.2) is 8.42 Å². The van der Waals surface area contributed by atoms with Crippen LogP contribution in [0.1, 0.15) is 12.5 Å². The Morgan fingerprint density at radius 3 is 2.25 bits per heavy atom. The molecule has 2 aromatic rings. The number of nitrogens with one attached hydrogen (secondary N) is 1. The molecule has 0 aliphatic heterocycles. The monoisotopic (exact) mass is 416 g/mol. The molecule has 0 heterocycles. The number of alkyl halides is 3. The van der Waals surface area contributed by atoms with E-state index in [0.29, 0.717) is 18.0 Å². The van der Waals surface area contributed by atoms with Crippen molar-refractivity contribution in [3.05, 3.63) is 54.1 Å². The first-order valence-corrected chi connectivity index (χ1v) is 10.0. The number of benzene rings is 2. The second-order valence-electron chi connectivity index (χ2n) is 5.79. The fraction of sp³-hybridized carbons (Fsp3) is 0.278. The van der Waals surface area contributed by atoms with Gasteiger partial charge in [0, 0.05) is 0 Å². The minimum Gasteiger partial charge on any atom is -0.492 e. The van der Waals surface area contributed by atoms with Crippen LogP contribution in [0.2, 0.25) is 0 Å². The van der Waals surface area contributed by atoms with Gasteiger partial charge in [-0.3, -0.25) is 9.10 Å². The van der Waals surface area contributed by atoms with Gasteiger partial charge in [-0.15, -0.1) is 0 Å². The van der Waals surface area contributed by atoms with Gasteiger partial charge in [0.1, 0.15) is 12.3 Å². The van der Waals surface area contributed by atoms with Crippen LogP contribution in [0.15, 0.2) is 48.5 Å². The van der Waals surface area contributed by atoms with Crippen LogP contribution < -0.4 is 14.4 Å². The Morgan fingerprint density at radius 1 is 1.11 bits per heavy atom. The largest absolute Gasteiger partial charge is 0.492 e. The number of carbonyl (C=O) groups is 1. The maximum absolute atomic E-state index is 12.7. The van der Waals surface area contributed by atoms with E-state index >= 15 is 0 Å². The average molecular weight is 416 g/mol. The molecule has 6 nitrogen and oxygen atoms in total. The third-order valence-electron chi connectivity index (χ3n) is 3.63. The molecule has 0 aliphatic rings. The van der Waals surface area contributed by atoms with E-state index in [9.17, 15) is 26.4 Å². The lowest BCUT2D eigenvalue weighted by molar-refractivity contribution is -0.137. The molecule has 0 atom stereocenters. The standard InChI is InChI=1S/C18H19F3N2O4S/c1-3-27-16-7-5-4-6-15(16)22-17(24)12-23(28(2,25)26)14-10-8-13(9-11-14)18(19,20)21/h4-11H,3,12H2,1-2H3,(H,22,24). The maximum atomic E-state index is 12.7. The Balaban J connectivity index is 2.23. The topological polar surface area (TPSA) is 75.7 Å². The Labute approximate surface area is 161 Å². The number of nitrogens with zero attached hydrogens (tertiary/aromatic N) is 1. The van der Waals surface area contributed by atoms with E-state index in [4.69, 9.17) is 4.74 Å². The van der Waals surface area contributed by atoms with Crippen molar-refractivity contribution in [2.75, 3.05) is 29.0 Å². The summed E-state index contributed by atoms with van der Waals surface area (Å²) in [6.45, 7) is 1.53. The van der Waals surface area contributed by atoms with E-state index in [2.05, 4.69) is 5.32 Å². The highest BCUT2D eigenvalue weighted by Crippen LogP contribution is 2.31. The zero-order valence-corrected chi connectivity index (χ0v) is 16.0. The van der Waals surface area contributed by atoms with Gasteiger partial charge in [0.15, 0.2) is 0 Å². The summed E-state index contributed by atoms with van der Waals surface area (Å²) >= 11 is 0. The predicted molar refractivity (Wildman–Crippen MR) is 99.9 cm³/mol. The highest BCUT2D eigenvalue weighted by molar-refractivity contribution is 7.92. The number of hydrogen-bond acceptors (Lipinski definition) is 4. The molecule has 2 rings (SSSR count). The van der Waals surface area contributed by atoms with Crippen LogP contribution in [0.25, 0.3) is 0 Å². The molecule has 0 aromatic heterocycles. The molecule has 28 heavy (non-hydrogen) atoms. The van der Waals surface area contributed by atoms with Crippen LogP contribution in [0, 0.1) is 0 Å². The lowest BCUT2D eigenvalue weighted by Gasteiger charge is -2.22. The van der Waals surface area contributed by atoms with Gasteiger partial charge in [0.2, 0.25) is 15.9 Å². The Hall–Kier alpha value is -2.75. The Kier molecular flexibility index (Phi) is 6.55. The lowest BCUT2D eigenvalue weighted by Crippen LogP contribution is -2.37. The number of amides is 1. The highest BCUT2D eigenvalue weighted by atomic mass is 32.2. The number of ether oxygens (including phenoxy) is 1. The number of hydrogen-bond donors (Lipinski definition) is 1. The summed E-state index contributed by atoms with van der Waals surface area (Å²) in [5, 5.41) is 2.55. The molecule has 1 N–H and O–H groups in total. The zero-order chi connectivity index (χ0) is 20.9.